The van der Waals surface area contributed by atoms with Crippen LogP contribution in [0.25, 0.3) is 0 Å². The summed E-state index contributed by atoms with van der Waals surface area (Å²) in [6.45, 7) is 16.3. The average Bonchev–Trinajstić information content (AvgIpc) is 2.41. The van der Waals surface area contributed by atoms with Crippen LogP contribution in [0.3, 0.4) is 0 Å². The lowest BCUT2D eigenvalue weighted by molar-refractivity contribution is 0.231. The zero-order valence-electron chi connectivity index (χ0n) is 15.5. The maximum Gasteiger partial charge on any atom is -0.00163 e. The Kier molecular flexibility index (Phi) is 13.5. The van der Waals surface area contributed by atoms with Gasteiger partial charge in [0.1, 0.15) is 0 Å². The minimum Gasteiger partial charge on any atom is -0.330 e. The molecule has 2 heteroatoms. The number of hydrogen-bond donors (Lipinski definition) is 1. The normalized spacial score (nSPS) is 13.6. The van der Waals surface area contributed by atoms with Crippen LogP contribution < -0.4 is 5.73 Å². The van der Waals surface area contributed by atoms with Crippen LogP contribution in [0.4, 0.5) is 0 Å². The molecular weight excluding hydrogens is 256 g/mol. The Morgan fingerprint density at radius 1 is 0.762 bits per heavy atom. The van der Waals surface area contributed by atoms with Crippen molar-refractivity contribution in [2.24, 2.45) is 23.5 Å². The van der Waals surface area contributed by atoms with Gasteiger partial charge in [-0.2, -0.15) is 0 Å². The van der Waals surface area contributed by atoms with Crippen LogP contribution >= 0.6 is 0 Å². The molecule has 0 saturated heterocycles. The predicted molar refractivity (Wildman–Crippen MR) is 96.7 cm³/mol. The molecule has 1 unspecified atom stereocenters. The van der Waals surface area contributed by atoms with E-state index in [9.17, 15) is 0 Å². The minimum absolute atomic E-state index is 0.816. The Morgan fingerprint density at radius 3 is 1.76 bits per heavy atom. The molecule has 0 aliphatic rings. The molecule has 0 saturated carbocycles. The number of hydrogen-bond acceptors (Lipinski definition) is 2. The third-order valence-corrected chi connectivity index (χ3v) is 4.40. The van der Waals surface area contributed by atoms with Crippen LogP contribution in [0, 0.1) is 17.8 Å². The summed E-state index contributed by atoms with van der Waals surface area (Å²) in [6.07, 6.45) is 9.25. The second-order valence-corrected chi connectivity index (χ2v) is 7.58. The van der Waals surface area contributed by atoms with E-state index in [2.05, 4.69) is 39.5 Å². The number of nitrogens with two attached hydrogens (primary N) is 1. The van der Waals surface area contributed by atoms with Gasteiger partial charge in [0, 0.05) is 0 Å². The largest absolute Gasteiger partial charge is 0.330 e. The lowest BCUT2D eigenvalue weighted by Crippen LogP contribution is -2.29. The van der Waals surface area contributed by atoms with Gasteiger partial charge in [-0.15, -0.1) is 0 Å². The molecule has 128 valence electrons. The summed E-state index contributed by atoms with van der Waals surface area (Å²) in [5.41, 5.74) is 5.74. The predicted octanol–water partition coefficient (Wildman–Crippen LogP) is 4.93. The first kappa shape index (κ1) is 20.9. The van der Waals surface area contributed by atoms with Gasteiger partial charge in [-0.3, -0.25) is 0 Å². The van der Waals surface area contributed by atoms with Crippen LogP contribution in [-0.4, -0.2) is 31.1 Å². The van der Waals surface area contributed by atoms with Gasteiger partial charge < -0.3 is 10.6 Å². The van der Waals surface area contributed by atoms with Crippen molar-refractivity contribution in [3.63, 3.8) is 0 Å². The summed E-state index contributed by atoms with van der Waals surface area (Å²) in [6, 6.07) is 0. The summed E-state index contributed by atoms with van der Waals surface area (Å²) in [5.74, 6) is 2.49. The summed E-state index contributed by atoms with van der Waals surface area (Å²) >= 11 is 0. The van der Waals surface area contributed by atoms with Crippen LogP contribution in [0.2, 0.25) is 0 Å². The second-order valence-electron chi connectivity index (χ2n) is 7.58. The zero-order valence-corrected chi connectivity index (χ0v) is 15.5. The van der Waals surface area contributed by atoms with E-state index < -0.39 is 0 Å². The van der Waals surface area contributed by atoms with Crippen molar-refractivity contribution in [2.45, 2.75) is 79.6 Å². The van der Waals surface area contributed by atoms with Crippen molar-refractivity contribution in [3.8, 4) is 0 Å². The van der Waals surface area contributed by atoms with E-state index >= 15 is 0 Å². The minimum atomic E-state index is 0.816. The molecule has 0 aromatic carbocycles. The highest BCUT2D eigenvalue weighted by Gasteiger charge is 2.10. The third kappa shape index (κ3) is 13.3. The molecule has 0 heterocycles. The van der Waals surface area contributed by atoms with E-state index in [0.717, 1.165) is 24.3 Å². The van der Waals surface area contributed by atoms with E-state index in [-0.39, 0.29) is 0 Å². The standard InChI is InChI=1S/C19H42N2/c1-6-8-19(10-13-20)9-7-14-21(15-11-17(2)3)16-12-18(4)5/h17-19H,6-16,20H2,1-5H3. The van der Waals surface area contributed by atoms with Crippen molar-refractivity contribution in [3.05, 3.63) is 0 Å². The molecule has 0 spiro atoms. The van der Waals surface area contributed by atoms with Gasteiger partial charge in [-0.1, -0.05) is 47.5 Å². The zero-order chi connectivity index (χ0) is 16.1. The summed E-state index contributed by atoms with van der Waals surface area (Å²) < 4.78 is 0. The Bertz CT molecular complexity index is 196. The second kappa shape index (κ2) is 13.6. The molecule has 21 heavy (non-hydrogen) atoms. The van der Waals surface area contributed by atoms with E-state index in [1.165, 1.54) is 64.6 Å². The van der Waals surface area contributed by atoms with Gasteiger partial charge in [-0.05, 0) is 76.0 Å². The van der Waals surface area contributed by atoms with Crippen LogP contribution in [-0.2, 0) is 0 Å². The van der Waals surface area contributed by atoms with E-state index in [1.807, 2.05) is 0 Å². The molecule has 0 aliphatic carbocycles. The molecule has 1 atom stereocenters. The fourth-order valence-electron chi connectivity index (χ4n) is 2.90. The van der Waals surface area contributed by atoms with Crippen molar-refractivity contribution in [1.82, 2.24) is 4.90 Å². The number of rotatable bonds is 14. The first-order valence-corrected chi connectivity index (χ1v) is 9.41. The smallest absolute Gasteiger partial charge is 0.00163 e. The summed E-state index contributed by atoms with van der Waals surface area (Å²) in [4.78, 5) is 2.70. The van der Waals surface area contributed by atoms with Gasteiger partial charge >= 0.3 is 0 Å². The molecule has 0 rings (SSSR count). The SMILES string of the molecule is CCCC(CCN)CCCN(CCC(C)C)CCC(C)C. The van der Waals surface area contributed by atoms with E-state index in [0.29, 0.717) is 0 Å². The Hall–Kier alpha value is -0.0800. The molecule has 0 bridgehead atoms. The van der Waals surface area contributed by atoms with Gasteiger partial charge in [-0.25, -0.2) is 0 Å². The molecule has 2 nitrogen and oxygen atoms in total. The molecule has 2 N–H and O–H groups in total. The highest BCUT2D eigenvalue weighted by molar-refractivity contribution is 4.65. The van der Waals surface area contributed by atoms with E-state index in [4.69, 9.17) is 5.73 Å². The Morgan fingerprint density at radius 2 is 1.33 bits per heavy atom. The van der Waals surface area contributed by atoms with Crippen molar-refractivity contribution in [2.75, 3.05) is 26.2 Å². The fraction of sp³-hybridized carbons (Fsp3) is 1.00. The third-order valence-electron chi connectivity index (χ3n) is 4.40. The quantitative estimate of drug-likeness (QED) is 0.493. The first-order chi connectivity index (χ1) is 9.99. The monoisotopic (exact) mass is 298 g/mol. The van der Waals surface area contributed by atoms with Crippen molar-refractivity contribution >= 4 is 0 Å². The molecule has 0 aliphatic heterocycles. The van der Waals surface area contributed by atoms with Gasteiger partial charge in [0.2, 0.25) is 0 Å². The van der Waals surface area contributed by atoms with Crippen LogP contribution in [0.15, 0.2) is 0 Å². The van der Waals surface area contributed by atoms with Crippen molar-refractivity contribution in [1.29, 1.82) is 0 Å². The molecule has 0 amide bonds. The lowest BCUT2D eigenvalue weighted by Gasteiger charge is -2.25. The van der Waals surface area contributed by atoms with Crippen LogP contribution in [0.1, 0.15) is 79.6 Å². The maximum absolute atomic E-state index is 5.74. The van der Waals surface area contributed by atoms with Gasteiger partial charge in [0.25, 0.3) is 0 Å². The van der Waals surface area contributed by atoms with Crippen LogP contribution in [0.5, 0.6) is 0 Å². The van der Waals surface area contributed by atoms with Gasteiger partial charge in [0.05, 0.1) is 0 Å². The highest BCUT2D eigenvalue weighted by atomic mass is 15.1. The Labute approximate surface area is 134 Å². The average molecular weight is 299 g/mol. The molecule has 0 fully saturated rings. The van der Waals surface area contributed by atoms with E-state index in [1.54, 1.807) is 0 Å². The summed E-state index contributed by atoms with van der Waals surface area (Å²) in [7, 11) is 0. The highest BCUT2D eigenvalue weighted by Crippen LogP contribution is 2.17. The van der Waals surface area contributed by atoms with Crippen molar-refractivity contribution < 1.29 is 0 Å². The lowest BCUT2D eigenvalue weighted by atomic mass is 9.94. The molecular formula is C19H42N2. The number of nitrogens with zero attached hydrogens (tertiary/aromatic N) is 1. The Balaban J connectivity index is 4.06. The fourth-order valence-corrected chi connectivity index (χ4v) is 2.90. The molecule has 0 radical (unpaired) electrons. The first-order valence-electron chi connectivity index (χ1n) is 9.41. The topological polar surface area (TPSA) is 29.3 Å². The molecule has 0 aromatic heterocycles. The molecule has 0 aromatic rings. The maximum atomic E-state index is 5.74. The van der Waals surface area contributed by atoms with Gasteiger partial charge in [0.15, 0.2) is 0 Å². The summed E-state index contributed by atoms with van der Waals surface area (Å²) in [5, 5.41) is 0.